The third-order valence-corrected chi connectivity index (χ3v) is 3.77. The fourth-order valence-corrected chi connectivity index (χ4v) is 2.28. The molecule has 0 atom stereocenters. The summed E-state index contributed by atoms with van der Waals surface area (Å²) in [7, 11) is -9.28. The number of phosphoric acid groups is 2. The van der Waals surface area contributed by atoms with E-state index in [9.17, 15) is 10.2 Å². The average Bonchev–Trinajstić information content (AvgIpc) is 2.46. The lowest BCUT2D eigenvalue weighted by Gasteiger charge is -2.16. The fraction of sp³-hybridized carbons (Fsp3) is 0.250. The maximum absolute atomic E-state index is 9.96. The van der Waals surface area contributed by atoms with Gasteiger partial charge in [0.1, 0.15) is 11.5 Å². The zero-order valence-corrected chi connectivity index (χ0v) is 17.4. The largest absolute Gasteiger partial charge is 0.507 e. The Labute approximate surface area is 161 Å². The highest BCUT2D eigenvalue weighted by Gasteiger charge is 2.15. The van der Waals surface area contributed by atoms with Crippen molar-refractivity contribution in [2.75, 3.05) is 0 Å². The molecule has 0 aromatic heterocycles. The van der Waals surface area contributed by atoms with E-state index in [2.05, 4.69) is 13.8 Å². The molecule has 0 bridgehead atoms. The predicted octanol–water partition coefficient (Wildman–Crippen LogP) is 2.14. The molecule has 0 aliphatic heterocycles. The van der Waals surface area contributed by atoms with Crippen LogP contribution in [0.1, 0.15) is 22.3 Å². The summed E-state index contributed by atoms with van der Waals surface area (Å²) >= 11 is 0. The van der Waals surface area contributed by atoms with Crippen molar-refractivity contribution in [1.29, 1.82) is 0 Å². The standard InChI is InChI=1S/C16H18O2.2H3O4P/c1-9-8-13(12(4)11(3)10(9)2)16-14(17)6-5-7-15(16)18;2*1-5(2,3)4/h5-8,17-18H,1-4H3;2*(H3,1,2,3,4). The summed E-state index contributed by atoms with van der Waals surface area (Å²) in [6.07, 6.45) is 0. The van der Waals surface area contributed by atoms with E-state index < -0.39 is 15.6 Å². The highest BCUT2D eigenvalue weighted by Crippen LogP contribution is 2.40. The normalized spacial score (nSPS) is 11.1. The molecule has 28 heavy (non-hydrogen) atoms. The molecule has 0 aliphatic carbocycles. The molecule has 12 heteroatoms. The van der Waals surface area contributed by atoms with Gasteiger partial charge in [-0.25, -0.2) is 9.13 Å². The molecule has 0 radical (unpaired) electrons. The van der Waals surface area contributed by atoms with Gasteiger partial charge in [0.2, 0.25) is 0 Å². The first-order valence-corrected chi connectivity index (χ1v) is 10.7. The van der Waals surface area contributed by atoms with Crippen molar-refractivity contribution in [1.82, 2.24) is 0 Å². The summed E-state index contributed by atoms with van der Waals surface area (Å²) in [5.74, 6) is 0.224. The van der Waals surface area contributed by atoms with Crippen molar-refractivity contribution in [2.45, 2.75) is 27.7 Å². The zero-order chi connectivity index (χ0) is 22.4. The van der Waals surface area contributed by atoms with Gasteiger partial charge in [-0.05, 0) is 67.6 Å². The second-order valence-corrected chi connectivity index (χ2v) is 7.87. The molecule has 0 saturated heterocycles. The minimum atomic E-state index is -4.64. The highest BCUT2D eigenvalue weighted by atomic mass is 31.2. The Bertz CT molecular complexity index is 857. The topological polar surface area (TPSA) is 196 Å². The quantitative estimate of drug-likeness (QED) is 0.305. The van der Waals surface area contributed by atoms with E-state index in [1.54, 1.807) is 18.2 Å². The van der Waals surface area contributed by atoms with Crippen molar-refractivity contribution in [3.63, 3.8) is 0 Å². The van der Waals surface area contributed by atoms with Gasteiger partial charge in [0.15, 0.2) is 0 Å². The number of benzene rings is 2. The van der Waals surface area contributed by atoms with Crippen molar-refractivity contribution in [3.8, 4) is 22.6 Å². The third-order valence-electron chi connectivity index (χ3n) is 3.77. The lowest BCUT2D eigenvalue weighted by atomic mass is 9.90. The summed E-state index contributed by atoms with van der Waals surface area (Å²) in [4.78, 5) is 43.1. The first-order chi connectivity index (χ1) is 12.4. The lowest BCUT2D eigenvalue weighted by Crippen LogP contribution is -1.95. The first-order valence-electron chi connectivity index (χ1n) is 7.58. The van der Waals surface area contributed by atoms with Crippen LogP contribution in [0.15, 0.2) is 24.3 Å². The van der Waals surface area contributed by atoms with Crippen molar-refractivity contribution in [3.05, 3.63) is 46.5 Å². The van der Waals surface area contributed by atoms with Crippen molar-refractivity contribution >= 4 is 15.6 Å². The molecule has 2 rings (SSSR count). The molecule has 0 unspecified atom stereocenters. The van der Waals surface area contributed by atoms with Crippen LogP contribution in [0.4, 0.5) is 0 Å². The van der Waals surface area contributed by atoms with E-state index in [1.807, 2.05) is 19.9 Å². The number of phenolic OH excluding ortho intramolecular Hbond substituents is 2. The molecule has 0 aliphatic rings. The predicted molar refractivity (Wildman–Crippen MR) is 103 cm³/mol. The summed E-state index contributed by atoms with van der Waals surface area (Å²) < 4.78 is 17.8. The molecule has 10 nitrogen and oxygen atoms in total. The molecule has 2 aromatic carbocycles. The van der Waals surface area contributed by atoms with Gasteiger partial charge in [-0.3, -0.25) is 0 Å². The fourth-order valence-electron chi connectivity index (χ4n) is 2.28. The number of aromatic hydroxyl groups is 2. The van der Waals surface area contributed by atoms with Crippen LogP contribution < -0.4 is 0 Å². The molecule has 0 fully saturated rings. The Morgan fingerprint density at radius 1 is 0.679 bits per heavy atom. The maximum Gasteiger partial charge on any atom is 0.466 e. The van der Waals surface area contributed by atoms with Crippen LogP contribution >= 0.6 is 15.6 Å². The van der Waals surface area contributed by atoms with Crippen LogP contribution in [-0.4, -0.2) is 39.6 Å². The van der Waals surface area contributed by atoms with Crippen molar-refractivity contribution < 1.29 is 48.7 Å². The van der Waals surface area contributed by atoms with Gasteiger partial charge in [0, 0.05) is 0 Å². The monoisotopic (exact) mass is 438 g/mol. The maximum atomic E-state index is 9.96. The van der Waals surface area contributed by atoms with E-state index >= 15 is 0 Å². The highest BCUT2D eigenvalue weighted by molar-refractivity contribution is 7.45. The minimum absolute atomic E-state index is 0.112. The van der Waals surface area contributed by atoms with Gasteiger partial charge < -0.3 is 39.6 Å². The summed E-state index contributed by atoms with van der Waals surface area (Å²) in [5.41, 5.74) is 6.12. The Balaban J connectivity index is 0.000000607. The smallest absolute Gasteiger partial charge is 0.466 e. The second kappa shape index (κ2) is 10.2. The van der Waals surface area contributed by atoms with Crippen LogP contribution in [0.2, 0.25) is 0 Å². The van der Waals surface area contributed by atoms with Crippen LogP contribution in [0, 0.1) is 27.7 Å². The second-order valence-electron chi connectivity index (χ2n) is 5.81. The molecule has 0 saturated carbocycles. The van der Waals surface area contributed by atoms with Crippen LogP contribution in [-0.2, 0) is 9.13 Å². The van der Waals surface area contributed by atoms with E-state index in [1.165, 1.54) is 11.1 Å². The van der Waals surface area contributed by atoms with Gasteiger partial charge in [0.05, 0.1) is 5.56 Å². The summed E-state index contributed by atoms with van der Waals surface area (Å²) in [6.45, 7) is 8.22. The minimum Gasteiger partial charge on any atom is -0.507 e. The number of phenols is 2. The molecule has 0 spiro atoms. The van der Waals surface area contributed by atoms with Gasteiger partial charge in [0.25, 0.3) is 0 Å². The van der Waals surface area contributed by atoms with Crippen LogP contribution in [0.5, 0.6) is 11.5 Å². The molecule has 8 N–H and O–H groups in total. The van der Waals surface area contributed by atoms with Gasteiger partial charge in [-0.2, -0.15) is 0 Å². The van der Waals surface area contributed by atoms with Gasteiger partial charge >= 0.3 is 15.6 Å². The molecular weight excluding hydrogens is 414 g/mol. The van der Waals surface area contributed by atoms with Crippen molar-refractivity contribution in [2.24, 2.45) is 0 Å². The molecule has 158 valence electrons. The Morgan fingerprint density at radius 2 is 1.04 bits per heavy atom. The number of rotatable bonds is 1. The van der Waals surface area contributed by atoms with E-state index in [0.29, 0.717) is 5.56 Å². The van der Waals surface area contributed by atoms with E-state index in [0.717, 1.165) is 16.7 Å². The van der Waals surface area contributed by atoms with E-state index in [-0.39, 0.29) is 11.5 Å². The molecule has 2 aromatic rings. The molecular formula is C16H24O10P2. The summed E-state index contributed by atoms with van der Waals surface area (Å²) in [6, 6.07) is 6.85. The van der Waals surface area contributed by atoms with E-state index in [4.69, 9.17) is 38.5 Å². The average molecular weight is 438 g/mol. The SMILES string of the molecule is Cc1cc(-c2c(O)cccc2O)c(C)c(C)c1C.O=P(O)(O)O.O=P(O)(O)O. The number of aryl methyl sites for hydroxylation is 1. The number of hydrogen-bond donors (Lipinski definition) is 8. The van der Waals surface area contributed by atoms with Crippen LogP contribution in [0.25, 0.3) is 11.1 Å². The number of hydrogen-bond acceptors (Lipinski definition) is 4. The third kappa shape index (κ3) is 9.98. The summed E-state index contributed by atoms with van der Waals surface area (Å²) in [5, 5.41) is 19.9. The Kier molecular flexibility index (Phi) is 9.52. The van der Waals surface area contributed by atoms with Gasteiger partial charge in [-0.1, -0.05) is 12.1 Å². The Hall–Kier alpha value is -1.74. The lowest BCUT2D eigenvalue weighted by molar-refractivity contribution is 0.272. The molecule has 0 amide bonds. The zero-order valence-electron chi connectivity index (χ0n) is 15.6. The molecule has 0 heterocycles. The van der Waals surface area contributed by atoms with Crippen LogP contribution in [0.3, 0.4) is 0 Å². The Morgan fingerprint density at radius 3 is 1.39 bits per heavy atom. The first kappa shape index (κ1) is 26.3. The van der Waals surface area contributed by atoms with Gasteiger partial charge in [-0.15, -0.1) is 0 Å².